The zero-order valence-corrected chi connectivity index (χ0v) is 16.5. The Morgan fingerprint density at radius 3 is 2.46 bits per heavy atom. The number of carbonyl (C=O) groups is 2. The Morgan fingerprint density at radius 1 is 0.964 bits per heavy atom. The second kappa shape index (κ2) is 11.6. The normalized spacial score (nSPS) is 10.2. The number of carbonyl (C=O) groups excluding carboxylic acids is 2. The van der Waals surface area contributed by atoms with Crippen LogP contribution in [-0.2, 0) is 4.74 Å². The maximum atomic E-state index is 12.2. The molecule has 0 saturated carbocycles. The highest BCUT2D eigenvalue weighted by Gasteiger charge is 2.14. The van der Waals surface area contributed by atoms with E-state index in [1.807, 2.05) is 38.1 Å². The molecule has 2 rings (SSSR count). The summed E-state index contributed by atoms with van der Waals surface area (Å²) in [5.41, 5.74) is 1.95. The Hall–Kier alpha value is -3.02. The van der Waals surface area contributed by atoms with E-state index < -0.39 is 5.97 Å². The first-order valence-corrected chi connectivity index (χ1v) is 9.60. The maximum absolute atomic E-state index is 12.2. The van der Waals surface area contributed by atoms with Gasteiger partial charge in [0.2, 0.25) is 0 Å². The quantitative estimate of drug-likeness (QED) is 0.466. The van der Waals surface area contributed by atoms with Gasteiger partial charge in [-0.05, 0) is 44.0 Å². The molecular weight excluding hydrogens is 356 g/mol. The lowest BCUT2D eigenvalue weighted by atomic mass is 10.2. The van der Waals surface area contributed by atoms with Gasteiger partial charge in [0.25, 0.3) is 0 Å². The first-order valence-electron chi connectivity index (χ1n) is 9.60. The van der Waals surface area contributed by atoms with Gasteiger partial charge in [-0.3, -0.25) is 0 Å². The number of urea groups is 1. The van der Waals surface area contributed by atoms with E-state index in [-0.39, 0.29) is 6.03 Å². The summed E-state index contributed by atoms with van der Waals surface area (Å²) in [6.07, 6.45) is 2.43. The number of ether oxygens (including phenoxy) is 2. The van der Waals surface area contributed by atoms with Gasteiger partial charge in [-0.15, -0.1) is 0 Å². The molecule has 0 saturated heterocycles. The number of benzene rings is 2. The molecule has 0 aliphatic heterocycles. The molecule has 0 radical (unpaired) electrons. The number of aryl methyl sites for hydroxylation is 1. The fourth-order valence-electron chi connectivity index (χ4n) is 2.42. The molecule has 0 atom stereocenters. The summed E-state index contributed by atoms with van der Waals surface area (Å²) in [7, 11) is 0. The van der Waals surface area contributed by atoms with Gasteiger partial charge in [-0.25, -0.2) is 9.59 Å². The largest absolute Gasteiger partial charge is 0.494 e. The summed E-state index contributed by atoms with van der Waals surface area (Å²) in [6.45, 7) is 5.39. The molecule has 0 aliphatic carbocycles. The molecule has 150 valence electrons. The third-order valence-corrected chi connectivity index (χ3v) is 4.02. The number of anilines is 1. The van der Waals surface area contributed by atoms with E-state index in [0.717, 1.165) is 18.6 Å². The molecule has 2 amide bonds. The van der Waals surface area contributed by atoms with Crippen LogP contribution in [0.4, 0.5) is 10.5 Å². The molecule has 6 nitrogen and oxygen atoms in total. The Morgan fingerprint density at radius 2 is 1.71 bits per heavy atom. The van der Waals surface area contributed by atoms with E-state index in [4.69, 9.17) is 9.47 Å². The number of nitrogens with one attached hydrogen (secondary N) is 2. The van der Waals surface area contributed by atoms with Crippen LogP contribution in [-0.4, -0.2) is 31.8 Å². The molecule has 0 unspecified atom stereocenters. The highest BCUT2D eigenvalue weighted by Crippen LogP contribution is 2.16. The lowest BCUT2D eigenvalue weighted by Gasteiger charge is -2.12. The van der Waals surface area contributed by atoms with Crippen molar-refractivity contribution in [2.75, 3.05) is 25.1 Å². The standard InChI is InChI=1S/C22H28N2O4/c1-3-4-15-28-21(25)19-8-5-6-9-20(19)24-22(26)23-14-7-16-27-18-12-10-17(2)11-13-18/h5-6,8-13H,3-4,7,14-16H2,1-2H3,(H2,23,24,26). The summed E-state index contributed by atoms with van der Waals surface area (Å²) in [4.78, 5) is 24.3. The van der Waals surface area contributed by atoms with E-state index in [9.17, 15) is 9.59 Å². The van der Waals surface area contributed by atoms with E-state index in [1.54, 1.807) is 24.3 Å². The number of hydrogen-bond donors (Lipinski definition) is 2. The Bertz CT molecular complexity index is 759. The molecular formula is C22H28N2O4. The minimum Gasteiger partial charge on any atom is -0.494 e. The van der Waals surface area contributed by atoms with Gasteiger partial charge in [-0.1, -0.05) is 43.2 Å². The van der Waals surface area contributed by atoms with Gasteiger partial charge in [0, 0.05) is 6.54 Å². The predicted octanol–water partition coefficient (Wildman–Crippen LogP) is 4.54. The third kappa shape index (κ3) is 7.31. The van der Waals surface area contributed by atoms with Crippen molar-refractivity contribution in [3.8, 4) is 5.75 Å². The Labute approximate surface area is 166 Å². The summed E-state index contributed by atoms with van der Waals surface area (Å²) in [5.74, 6) is 0.376. The average Bonchev–Trinajstić information content (AvgIpc) is 2.69. The second-order valence-corrected chi connectivity index (χ2v) is 6.43. The summed E-state index contributed by atoms with van der Waals surface area (Å²) < 4.78 is 10.9. The highest BCUT2D eigenvalue weighted by molar-refractivity contribution is 6.00. The van der Waals surface area contributed by atoms with Crippen molar-refractivity contribution in [2.24, 2.45) is 0 Å². The van der Waals surface area contributed by atoms with Gasteiger partial charge in [0.05, 0.1) is 24.5 Å². The second-order valence-electron chi connectivity index (χ2n) is 6.43. The van der Waals surface area contributed by atoms with Crippen LogP contribution >= 0.6 is 0 Å². The van der Waals surface area contributed by atoms with Gasteiger partial charge in [-0.2, -0.15) is 0 Å². The van der Waals surface area contributed by atoms with E-state index in [2.05, 4.69) is 10.6 Å². The third-order valence-electron chi connectivity index (χ3n) is 4.02. The SMILES string of the molecule is CCCCOC(=O)c1ccccc1NC(=O)NCCCOc1ccc(C)cc1. The van der Waals surface area contributed by atoms with Crippen molar-refractivity contribution in [3.05, 3.63) is 59.7 Å². The number of esters is 1. The predicted molar refractivity (Wildman–Crippen MR) is 110 cm³/mol. The molecule has 2 N–H and O–H groups in total. The minimum absolute atomic E-state index is 0.344. The topological polar surface area (TPSA) is 76.7 Å². The van der Waals surface area contributed by atoms with Gasteiger partial charge in [0.1, 0.15) is 5.75 Å². The van der Waals surface area contributed by atoms with Crippen molar-refractivity contribution in [2.45, 2.75) is 33.1 Å². The van der Waals surface area contributed by atoms with Crippen LogP contribution in [0.3, 0.4) is 0 Å². The first kappa shape index (κ1) is 21.3. The number of para-hydroxylation sites is 1. The van der Waals surface area contributed by atoms with Crippen LogP contribution in [0.1, 0.15) is 42.1 Å². The zero-order valence-electron chi connectivity index (χ0n) is 16.5. The van der Waals surface area contributed by atoms with Crippen molar-refractivity contribution in [3.63, 3.8) is 0 Å². The fourth-order valence-corrected chi connectivity index (χ4v) is 2.42. The lowest BCUT2D eigenvalue weighted by Crippen LogP contribution is -2.31. The molecule has 6 heteroatoms. The smallest absolute Gasteiger partial charge is 0.340 e. The molecule has 0 aliphatic rings. The molecule has 0 heterocycles. The lowest BCUT2D eigenvalue weighted by molar-refractivity contribution is 0.0501. The van der Waals surface area contributed by atoms with Crippen molar-refractivity contribution < 1.29 is 19.1 Å². The minimum atomic E-state index is -0.434. The van der Waals surface area contributed by atoms with Crippen molar-refractivity contribution in [1.82, 2.24) is 5.32 Å². The fraction of sp³-hybridized carbons (Fsp3) is 0.364. The van der Waals surface area contributed by atoms with Crippen molar-refractivity contribution >= 4 is 17.7 Å². The molecule has 0 aromatic heterocycles. The van der Waals surface area contributed by atoms with Crippen LogP contribution in [0.2, 0.25) is 0 Å². The Balaban J connectivity index is 1.73. The van der Waals surface area contributed by atoms with Crippen LogP contribution < -0.4 is 15.4 Å². The van der Waals surface area contributed by atoms with E-state index in [1.165, 1.54) is 5.56 Å². The van der Waals surface area contributed by atoms with Crippen LogP contribution in [0.25, 0.3) is 0 Å². The molecule has 0 bridgehead atoms. The number of hydrogen-bond acceptors (Lipinski definition) is 4. The molecule has 28 heavy (non-hydrogen) atoms. The van der Waals surface area contributed by atoms with Crippen LogP contribution in [0, 0.1) is 6.92 Å². The summed E-state index contributed by atoms with van der Waals surface area (Å²) in [5, 5.41) is 5.47. The van der Waals surface area contributed by atoms with Gasteiger partial charge < -0.3 is 20.1 Å². The zero-order chi connectivity index (χ0) is 20.2. The monoisotopic (exact) mass is 384 g/mol. The molecule has 0 spiro atoms. The van der Waals surface area contributed by atoms with E-state index in [0.29, 0.717) is 37.4 Å². The molecule has 0 fully saturated rings. The van der Waals surface area contributed by atoms with Gasteiger partial charge >= 0.3 is 12.0 Å². The summed E-state index contributed by atoms with van der Waals surface area (Å²) in [6, 6.07) is 14.3. The molecule has 2 aromatic carbocycles. The maximum Gasteiger partial charge on any atom is 0.340 e. The first-order chi connectivity index (χ1) is 13.6. The highest BCUT2D eigenvalue weighted by atomic mass is 16.5. The van der Waals surface area contributed by atoms with Gasteiger partial charge in [0.15, 0.2) is 0 Å². The van der Waals surface area contributed by atoms with E-state index >= 15 is 0 Å². The van der Waals surface area contributed by atoms with Crippen LogP contribution in [0.5, 0.6) is 5.75 Å². The van der Waals surface area contributed by atoms with Crippen LogP contribution in [0.15, 0.2) is 48.5 Å². The van der Waals surface area contributed by atoms with Crippen molar-refractivity contribution in [1.29, 1.82) is 0 Å². The number of unbranched alkanes of at least 4 members (excludes halogenated alkanes) is 1. The number of rotatable bonds is 10. The molecule has 2 aromatic rings. The summed E-state index contributed by atoms with van der Waals surface area (Å²) >= 11 is 0. The Kier molecular flexibility index (Phi) is 8.85. The number of amides is 2. The average molecular weight is 384 g/mol.